The van der Waals surface area contributed by atoms with Crippen LogP contribution in [0.3, 0.4) is 0 Å². The number of nitrogens with zero attached hydrogens (tertiary/aromatic N) is 1. The lowest BCUT2D eigenvalue weighted by atomic mass is 9.84. The standard InChI is InChI=1S/C24H36N4O2S/c1-4-22(29)26-19(24(30)28-20(14-25)16-8-6-5-7-9-16)13-23-27-18-11-10-17(15(2)3)12-21(18)31-23/h10-12,15-16,19-20H,4-9,13-14,25H2,1-3H3,(H,26,29)(H,28,30). The van der Waals surface area contributed by atoms with Gasteiger partial charge in [-0.2, -0.15) is 0 Å². The number of thiazole rings is 1. The number of aromatic nitrogens is 1. The zero-order valence-corrected chi connectivity index (χ0v) is 19.8. The number of nitrogens with one attached hydrogen (secondary N) is 2. The highest BCUT2D eigenvalue weighted by atomic mass is 32.1. The van der Waals surface area contributed by atoms with Gasteiger partial charge in [0.1, 0.15) is 6.04 Å². The third-order valence-electron chi connectivity index (χ3n) is 6.28. The first-order chi connectivity index (χ1) is 14.9. The lowest BCUT2D eigenvalue weighted by Crippen LogP contribution is -2.54. The van der Waals surface area contributed by atoms with Crippen molar-refractivity contribution in [3.63, 3.8) is 0 Å². The normalized spacial score (nSPS) is 16.9. The van der Waals surface area contributed by atoms with Crippen molar-refractivity contribution < 1.29 is 9.59 Å². The first-order valence-electron chi connectivity index (χ1n) is 11.6. The van der Waals surface area contributed by atoms with Gasteiger partial charge in [-0.05, 0) is 42.4 Å². The van der Waals surface area contributed by atoms with Gasteiger partial charge in [0.25, 0.3) is 0 Å². The van der Waals surface area contributed by atoms with Crippen molar-refractivity contribution in [3.05, 3.63) is 28.8 Å². The molecule has 1 aromatic heterocycles. The number of carbonyl (C=O) groups is 2. The van der Waals surface area contributed by atoms with Crippen LogP contribution in [0.5, 0.6) is 0 Å². The maximum atomic E-state index is 13.2. The monoisotopic (exact) mass is 444 g/mol. The van der Waals surface area contributed by atoms with Crippen LogP contribution in [0, 0.1) is 5.92 Å². The second kappa shape index (κ2) is 11.0. The Labute approximate surface area is 189 Å². The fourth-order valence-corrected chi connectivity index (χ4v) is 5.37. The Bertz CT molecular complexity index is 889. The maximum Gasteiger partial charge on any atom is 0.243 e. The van der Waals surface area contributed by atoms with Gasteiger partial charge in [0.2, 0.25) is 11.8 Å². The number of rotatable bonds is 9. The van der Waals surface area contributed by atoms with Crippen LogP contribution in [0.4, 0.5) is 0 Å². The van der Waals surface area contributed by atoms with Crippen molar-refractivity contribution in [2.45, 2.75) is 83.7 Å². The van der Waals surface area contributed by atoms with E-state index in [9.17, 15) is 9.59 Å². The van der Waals surface area contributed by atoms with Crippen molar-refractivity contribution in [1.82, 2.24) is 15.6 Å². The average Bonchev–Trinajstić information content (AvgIpc) is 3.18. The Morgan fingerprint density at radius 3 is 2.58 bits per heavy atom. The minimum absolute atomic E-state index is 0.0437. The molecule has 4 N–H and O–H groups in total. The zero-order chi connectivity index (χ0) is 22.4. The van der Waals surface area contributed by atoms with Crippen LogP contribution in [-0.2, 0) is 16.0 Å². The minimum Gasteiger partial charge on any atom is -0.350 e. The smallest absolute Gasteiger partial charge is 0.243 e. The Kier molecular flexibility index (Phi) is 8.43. The first-order valence-corrected chi connectivity index (χ1v) is 12.4. The van der Waals surface area contributed by atoms with E-state index in [0.29, 0.717) is 31.2 Å². The number of nitrogens with two attached hydrogens (primary N) is 1. The van der Waals surface area contributed by atoms with E-state index in [1.165, 1.54) is 24.8 Å². The van der Waals surface area contributed by atoms with Crippen molar-refractivity contribution in [3.8, 4) is 0 Å². The molecule has 31 heavy (non-hydrogen) atoms. The lowest BCUT2D eigenvalue weighted by molar-refractivity contribution is -0.129. The van der Waals surface area contributed by atoms with Crippen LogP contribution in [-0.4, -0.2) is 35.4 Å². The summed E-state index contributed by atoms with van der Waals surface area (Å²) in [5.74, 6) is 0.572. The molecule has 0 spiro atoms. The Hall–Kier alpha value is -1.99. The SMILES string of the molecule is CCC(=O)NC(Cc1nc2ccc(C(C)C)cc2s1)C(=O)NC(CN)C1CCCCC1. The lowest BCUT2D eigenvalue weighted by Gasteiger charge is -2.31. The molecule has 1 fully saturated rings. The van der Waals surface area contributed by atoms with E-state index < -0.39 is 6.04 Å². The Morgan fingerprint density at radius 2 is 1.94 bits per heavy atom. The fraction of sp³-hybridized carbons (Fsp3) is 0.625. The summed E-state index contributed by atoms with van der Waals surface area (Å²) in [6.07, 6.45) is 6.57. The molecule has 2 aromatic rings. The van der Waals surface area contributed by atoms with Crippen LogP contribution in [0.15, 0.2) is 18.2 Å². The van der Waals surface area contributed by atoms with Gasteiger partial charge in [-0.1, -0.05) is 46.1 Å². The summed E-state index contributed by atoms with van der Waals surface area (Å²) in [4.78, 5) is 30.0. The number of benzene rings is 1. The molecule has 2 atom stereocenters. The van der Waals surface area contributed by atoms with Crippen molar-refractivity contribution >= 4 is 33.4 Å². The summed E-state index contributed by atoms with van der Waals surface area (Å²) in [5.41, 5.74) is 8.22. The molecule has 6 nitrogen and oxygen atoms in total. The molecular formula is C24H36N4O2S. The van der Waals surface area contributed by atoms with E-state index in [0.717, 1.165) is 28.1 Å². The molecule has 2 unspecified atom stereocenters. The van der Waals surface area contributed by atoms with Crippen LogP contribution in [0.1, 0.15) is 75.8 Å². The molecule has 1 aromatic carbocycles. The predicted molar refractivity (Wildman–Crippen MR) is 127 cm³/mol. The molecular weight excluding hydrogens is 408 g/mol. The van der Waals surface area contributed by atoms with Gasteiger partial charge in [0.05, 0.1) is 15.2 Å². The fourth-order valence-electron chi connectivity index (χ4n) is 4.30. The van der Waals surface area contributed by atoms with Crippen molar-refractivity contribution in [1.29, 1.82) is 0 Å². The second-order valence-corrected chi connectivity index (χ2v) is 10.0. The van der Waals surface area contributed by atoms with Gasteiger partial charge < -0.3 is 16.4 Å². The third-order valence-corrected chi connectivity index (χ3v) is 7.32. The largest absolute Gasteiger partial charge is 0.350 e. The van der Waals surface area contributed by atoms with E-state index in [1.54, 1.807) is 18.3 Å². The van der Waals surface area contributed by atoms with Crippen molar-refractivity contribution in [2.75, 3.05) is 6.54 Å². The van der Waals surface area contributed by atoms with E-state index in [2.05, 4.69) is 36.6 Å². The van der Waals surface area contributed by atoms with E-state index in [-0.39, 0.29) is 17.9 Å². The third kappa shape index (κ3) is 6.26. The molecule has 1 saturated carbocycles. The molecule has 2 amide bonds. The summed E-state index contributed by atoms with van der Waals surface area (Å²) >= 11 is 1.59. The Morgan fingerprint density at radius 1 is 1.19 bits per heavy atom. The summed E-state index contributed by atoms with van der Waals surface area (Å²) in [6.45, 7) is 6.55. The van der Waals surface area contributed by atoms with Crippen molar-refractivity contribution in [2.24, 2.45) is 11.7 Å². The number of fused-ring (bicyclic) bond motifs is 1. The van der Waals surface area contributed by atoms with Crippen LogP contribution in [0.25, 0.3) is 10.2 Å². The zero-order valence-electron chi connectivity index (χ0n) is 18.9. The maximum absolute atomic E-state index is 13.2. The van der Waals surface area contributed by atoms with Gasteiger partial charge in [-0.25, -0.2) is 4.98 Å². The molecule has 0 aliphatic heterocycles. The summed E-state index contributed by atoms with van der Waals surface area (Å²) in [6, 6.07) is 5.63. The minimum atomic E-state index is -0.643. The molecule has 3 rings (SSSR count). The van der Waals surface area contributed by atoms with E-state index in [4.69, 9.17) is 10.7 Å². The van der Waals surface area contributed by atoms with Gasteiger partial charge in [0, 0.05) is 25.4 Å². The average molecular weight is 445 g/mol. The summed E-state index contributed by atoms with van der Waals surface area (Å²) in [5, 5.41) is 6.89. The predicted octanol–water partition coefficient (Wildman–Crippen LogP) is 3.88. The molecule has 170 valence electrons. The van der Waals surface area contributed by atoms with E-state index in [1.807, 2.05) is 6.07 Å². The summed E-state index contributed by atoms with van der Waals surface area (Å²) < 4.78 is 1.12. The number of hydrogen-bond donors (Lipinski definition) is 3. The van der Waals surface area contributed by atoms with Gasteiger partial charge in [-0.15, -0.1) is 11.3 Å². The molecule has 0 bridgehead atoms. The highest BCUT2D eigenvalue weighted by Gasteiger charge is 2.28. The number of hydrogen-bond acceptors (Lipinski definition) is 5. The molecule has 1 aliphatic rings. The molecule has 0 radical (unpaired) electrons. The highest BCUT2D eigenvalue weighted by Crippen LogP contribution is 2.28. The van der Waals surface area contributed by atoms with Crippen LogP contribution >= 0.6 is 11.3 Å². The molecule has 1 aliphatic carbocycles. The van der Waals surface area contributed by atoms with Gasteiger partial charge >= 0.3 is 0 Å². The van der Waals surface area contributed by atoms with Gasteiger partial charge in [0.15, 0.2) is 0 Å². The van der Waals surface area contributed by atoms with Gasteiger partial charge in [-0.3, -0.25) is 9.59 Å². The molecule has 1 heterocycles. The quantitative estimate of drug-likeness (QED) is 0.547. The first kappa shape index (κ1) is 23.7. The molecule has 7 heteroatoms. The van der Waals surface area contributed by atoms with Crippen LogP contribution < -0.4 is 16.4 Å². The summed E-state index contributed by atoms with van der Waals surface area (Å²) in [7, 11) is 0. The van der Waals surface area contributed by atoms with E-state index >= 15 is 0 Å². The second-order valence-electron chi connectivity index (χ2n) is 8.92. The highest BCUT2D eigenvalue weighted by molar-refractivity contribution is 7.18. The number of carbonyl (C=O) groups excluding carboxylic acids is 2. The Balaban J connectivity index is 1.75. The van der Waals surface area contributed by atoms with Crippen LogP contribution in [0.2, 0.25) is 0 Å². The molecule has 0 saturated heterocycles. The topological polar surface area (TPSA) is 97.1 Å². The number of amides is 2.